The number of rotatable bonds is 4. The van der Waals surface area contributed by atoms with Crippen LogP contribution in [0.4, 0.5) is 0 Å². The molecule has 0 aliphatic carbocycles. The maximum Gasteiger partial charge on any atom is 0.309 e. The molecule has 2 unspecified atom stereocenters. The van der Waals surface area contributed by atoms with Crippen LogP contribution in [0.3, 0.4) is 0 Å². The number of amides is 1. The van der Waals surface area contributed by atoms with Crippen molar-refractivity contribution in [3.63, 3.8) is 0 Å². The molecule has 5 heteroatoms. The number of esters is 1. The predicted octanol–water partition coefficient (Wildman–Crippen LogP) is 1.20. The van der Waals surface area contributed by atoms with Crippen molar-refractivity contribution in [1.82, 2.24) is 5.32 Å². The van der Waals surface area contributed by atoms with E-state index in [1.54, 1.807) is 11.8 Å². The van der Waals surface area contributed by atoms with Gasteiger partial charge in [0.2, 0.25) is 5.91 Å². The Morgan fingerprint density at radius 2 is 2.44 bits per heavy atom. The van der Waals surface area contributed by atoms with Gasteiger partial charge in [-0.2, -0.15) is 11.8 Å². The molecule has 1 amide bonds. The van der Waals surface area contributed by atoms with Crippen LogP contribution in [-0.4, -0.2) is 36.5 Å². The second-order valence-electron chi connectivity index (χ2n) is 4.08. The van der Waals surface area contributed by atoms with E-state index >= 15 is 0 Å². The molecule has 1 rings (SSSR count). The Morgan fingerprint density at radius 1 is 1.69 bits per heavy atom. The zero-order valence-corrected chi connectivity index (χ0v) is 10.6. The molecule has 0 aromatic carbocycles. The number of thioether (sulfide) groups is 1. The van der Waals surface area contributed by atoms with Crippen molar-refractivity contribution in [2.45, 2.75) is 31.4 Å². The van der Waals surface area contributed by atoms with Gasteiger partial charge >= 0.3 is 5.97 Å². The van der Waals surface area contributed by atoms with E-state index in [-0.39, 0.29) is 17.8 Å². The fourth-order valence-electron chi connectivity index (χ4n) is 1.63. The molecule has 0 radical (unpaired) electrons. The first-order chi connectivity index (χ1) is 7.63. The van der Waals surface area contributed by atoms with Crippen molar-refractivity contribution in [2.75, 3.05) is 19.4 Å². The summed E-state index contributed by atoms with van der Waals surface area (Å²) in [5, 5.41) is 3.19. The smallest absolute Gasteiger partial charge is 0.309 e. The van der Waals surface area contributed by atoms with E-state index in [9.17, 15) is 9.59 Å². The number of hydrogen-bond acceptors (Lipinski definition) is 4. The van der Waals surface area contributed by atoms with E-state index in [1.807, 2.05) is 6.92 Å². The average molecular weight is 245 g/mol. The van der Waals surface area contributed by atoms with E-state index < -0.39 is 0 Å². The molecule has 0 spiro atoms. The molecule has 1 heterocycles. The van der Waals surface area contributed by atoms with Crippen molar-refractivity contribution in [2.24, 2.45) is 5.92 Å². The van der Waals surface area contributed by atoms with Gasteiger partial charge in [-0.15, -0.1) is 0 Å². The van der Waals surface area contributed by atoms with Crippen LogP contribution in [0.2, 0.25) is 0 Å². The largest absolute Gasteiger partial charge is 0.469 e. The third-order valence-corrected chi connectivity index (χ3v) is 4.19. The topological polar surface area (TPSA) is 55.4 Å². The van der Waals surface area contributed by atoms with E-state index in [2.05, 4.69) is 10.1 Å². The van der Waals surface area contributed by atoms with Crippen molar-refractivity contribution in [3.05, 3.63) is 0 Å². The molecule has 1 saturated heterocycles. The molecule has 0 aromatic heterocycles. The summed E-state index contributed by atoms with van der Waals surface area (Å²) in [7, 11) is 1.41. The van der Waals surface area contributed by atoms with Crippen molar-refractivity contribution in [1.29, 1.82) is 0 Å². The first-order valence-electron chi connectivity index (χ1n) is 5.59. The molecule has 16 heavy (non-hydrogen) atoms. The van der Waals surface area contributed by atoms with E-state index in [4.69, 9.17) is 0 Å². The van der Waals surface area contributed by atoms with Crippen LogP contribution < -0.4 is 5.32 Å². The molecule has 0 bridgehead atoms. The first-order valence-corrected chi connectivity index (χ1v) is 6.64. The Kier molecular flexibility index (Phi) is 5.66. The number of carbonyl (C=O) groups excluding carboxylic acids is 2. The fourth-order valence-corrected chi connectivity index (χ4v) is 2.93. The SMILES string of the molecule is COC(=O)C(C)CSC1CCCNC(=O)C1. The van der Waals surface area contributed by atoms with Crippen LogP contribution in [0.5, 0.6) is 0 Å². The highest BCUT2D eigenvalue weighted by molar-refractivity contribution is 7.99. The highest BCUT2D eigenvalue weighted by Crippen LogP contribution is 2.24. The summed E-state index contributed by atoms with van der Waals surface area (Å²) in [5.41, 5.74) is 0. The normalized spacial score (nSPS) is 23.1. The lowest BCUT2D eigenvalue weighted by Gasteiger charge is -2.14. The van der Waals surface area contributed by atoms with Crippen molar-refractivity contribution in [3.8, 4) is 0 Å². The molecule has 1 N–H and O–H groups in total. The van der Waals surface area contributed by atoms with Gasteiger partial charge in [-0.1, -0.05) is 6.92 Å². The van der Waals surface area contributed by atoms with E-state index in [1.165, 1.54) is 7.11 Å². The molecule has 1 fully saturated rings. The number of methoxy groups -OCH3 is 1. The lowest BCUT2D eigenvalue weighted by molar-refractivity contribution is -0.144. The van der Waals surface area contributed by atoms with Crippen molar-refractivity contribution >= 4 is 23.6 Å². The van der Waals surface area contributed by atoms with Crippen LogP contribution in [0, 0.1) is 5.92 Å². The standard InChI is InChI=1S/C11H19NO3S/c1-8(11(14)15-2)7-16-9-4-3-5-12-10(13)6-9/h8-9H,3-7H2,1-2H3,(H,12,13). The van der Waals surface area contributed by atoms with Gasteiger partial charge in [0, 0.05) is 24.0 Å². The zero-order valence-electron chi connectivity index (χ0n) is 9.82. The molecule has 0 aromatic rings. The maximum atomic E-state index is 11.3. The summed E-state index contributed by atoms with van der Waals surface area (Å²) in [4.78, 5) is 22.5. The van der Waals surface area contributed by atoms with Crippen LogP contribution in [0.25, 0.3) is 0 Å². The molecule has 4 nitrogen and oxygen atoms in total. The molecule has 2 atom stereocenters. The summed E-state index contributed by atoms with van der Waals surface area (Å²) in [5.74, 6) is 0.581. The van der Waals surface area contributed by atoms with E-state index in [0.717, 1.165) is 25.1 Å². The average Bonchev–Trinajstić information content (AvgIpc) is 2.49. The van der Waals surface area contributed by atoms with Gasteiger partial charge in [-0.05, 0) is 12.8 Å². The third-order valence-electron chi connectivity index (χ3n) is 2.62. The second kappa shape index (κ2) is 6.78. The van der Waals surface area contributed by atoms with Crippen LogP contribution in [-0.2, 0) is 14.3 Å². The van der Waals surface area contributed by atoms with Crippen LogP contribution in [0.15, 0.2) is 0 Å². The number of ether oxygens (including phenoxy) is 1. The fraction of sp³-hybridized carbons (Fsp3) is 0.818. The van der Waals surface area contributed by atoms with Gasteiger partial charge in [-0.25, -0.2) is 0 Å². The lowest BCUT2D eigenvalue weighted by Crippen LogP contribution is -2.23. The lowest BCUT2D eigenvalue weighted by atomic mass is 10.2. The molecular formula is C11H19NO3S. The van der Waals surface area contributed by atoms with E-state index in [0.29, 0.717) is 11.7 Å². The minimum absolute atomic E-state index is 0.0960. The van der Waals surface area contributed by atoms with Crippen molar-refractivity contribution < 1.29 is 14.3 Å². The Bertz CT molecular complexity index is 258. The zero-order chi connectivity index (χ0) is 12.0. The monoisotopic (exact) mass is 245 g/mol. The minimum atomic E-state index is -0.175. The second-order valence-corrected chi connectivity index (χ2v) is 5.41. The van der Waals surface area contributed by atoms with Gasteiger partial charge in [0.25, 0.3) is 0 Å². The Labute approximate surface area is 100 Å². The summed E-state index contributed by atoms with van der Waals surface area (Å²) in [6.07, 6.45) is 2.63. The summed E-state index contributed by atoms with van der Waals surface area (Å²) in [6.45, 7) is 2.64. The summed E-state index contributed by atoms with van der Waals surface area (Å²) in [6, 6.07) is 0. The quantitative estimate of drug-likeness (QED) is 0.756. The molecule has 1 aliphatic rings. The predicted molar refractivity (Wildman–Crippen MR) is 64.3 cm³/mol. The van der Waals surface area contributed by atoms with Gasteiger partial charge in [-0.3, -0.25) is 9.59 Å². The first kappa shape index (κ1) is 13.4. The molecular weight excluding hydrogens is 226 g/mol. The molecule has 92 valence electrons. The summed E-state index contributed by atoms with van der Waals surface area (Å²) >= 11 is 1.70. The van der Waals surface area contributed by atoms with Crippen LogP contribution in [0.1, 0.15) is 26.2 Å². The van der Waals surface area contributed by atoms with Gasteiger partial charge in [0.05, 0.1) is 13.0 Å². The number of nitrogens with one attached hydrogen (secondary N) is 1. The Hall–Kier alpha value is -0.710. The third kappa shape index (κ3) is 4.43. The highest BCUT2D eigenvalue weighted by Gasteiger charge is 2.20. The van der Waals surface area contributed by atoms with Gasteiger partial charge in [0.1, 0.15) is 0 Å². The Morgan fingerprint density at radius 3 is 3.12 bits per heavy atom. The summed E-state index contributed by atoms with van der Waals surface area (Å²) < 4.78 is 4.67. The minimum Gasteiger partial charge on any atom is -0.469 e. The maximum absolute atomic E-state index is 11.3. The number of hydrogen-bond donors (Lipinski definition) is 1. The number of carbonyl (C=O) groups is 2. The highest BCUT2D eigenvalue weighted by atomic mass is 32.2. The van der Waals surface area contributed by atoms with Gasteiger partial charge in [0.15, 0.2) is 0 Å². The van der Waals surface area contributed by atoms with Gasteiger partial charge < -0.3 is 10.1 Å². The molecule has 1 aliphatic heterocycles. The Balaban J connectivity index is 2.30. The molecule has 0 saturated carbocycles. The van der Waals surface area contributed by atoms with Crippen LogP contribution >= 0.6 is 11.8 Å².